The molecule has 0 atom stereocenters. The van der Waals surface area contributed by atoms with Gasteiger partial charge in [-0.3, -0.25) is 0 Å². The molecule has 3 aromatic heterocycles. The molecule has 6 rings (SSSR count). The topological polar surface area (TPSA) is 65.2 Å². The number of thiophene rings is 1. The predicted octanol–water partition coefficient (Wildman–Crippen LogP) is 11.0. The van der Waals surface area contributed by atoms with Crippen LogP contribution in [-0.2, 0) is 6.54 Å². The van der Waals surface area contributed by atoms with E-state index in [9.17, 15) is 0 Å². The van der Waals surface area contributed by atoms with Crippen LogP contribution >= 0.6 is 11.3 Å². The van der Waals surface area contributed by atoms with Gasteiger partial charge in [0.2, 0.25) is 0 Å². The van der Waals surface area contributed by atoms with E-state index in [1.807, 2.05) is 11.5 Å². The van der Waals surface area contributed by atoms with Gasteiger partial charge in [-0.2, -0.15) is 0 Å². The molecule has 3 aliphatic rings. The molecular weight excluding hydrogens is 709 g/mol. The lowest BCUT2D eigenvalue weighted by Gasteiger charge is -2.19. The fraction of sp³-hybridized carbons (Fsp3) is 0.478. The van der Waals surface area contributed by atoms with Crippen molar-refractivity contribution in [2.24, 2.45) is 0 Å². The van der Waals surface area contributed by atoms with Crippen molar-refractivity contribution in [3.8, 4) is 55.6 Å². The summed E-state index contributed by atoms with van der Waals surface area (Å²) < 4.78 is 42.9. The monoisotopic (exact) mass is 758 g/mol. The Balaban J connectivity index is 1.41. The van der Waals surface area contributed by atoms with Gasteiger partial charge in [-0.25, -0.2) is 0 Å². The average molecular weight is 759 g/mol. The highest BCUT2D eigenvalue weighted by atomic mass is 32.1. The first kappa shape index (κ1) is 39.3. The maximum Gasteiger partial charge on any atom is 0.188 e. The molecule has 286 valence electrons. The van der Waals surface area contributed by atoms with Gasteiger partial charge in [0.05, 0.1) is 44.0 Å². The summed E-state index contributed by atoms with van der Waals surface area (Å²) >= 11 is 1.61. The lowest BCUT2D eigenvalue weighted by atomic mass is 10.1. The Morgan fingerprint density at radius 1 is 0.545 bits per heavy atom. The highest BCUT2D eigenvalue weighted by Crippen LogP contribution is 2.60. The van der Waals surface area contributed by atoms with Gasteiger partial charge in [0.15, 0.2) is 34.5 Å². The fourth-order valence-electron chi connectivity index (χ4n) is 7.03. The molecule has 0 unspecified atom stereocenters. The molecule has 0 saturated carbocycles. The standard InChI is InChI=1S/C46H50N2O6S/c1-5-7-9-11-13-15-17-19-21-23-27-47-35(3)39-41(51-31-25-29-49-39)37(47)45-43-44(54-34-33-53-43)46(55-45)38-42-40(50-30-26-32-52-42)36(4)48(38)28-24-22-20-18-16-14-12-10-8-6-2/h27H,1,6,8,10,12,14,16,18,20,22,24-26,28-34H2,2-4H3. The van der Waals surface area contributed by atoms with Crippen molar-refractivity contribution < 1.29 is 28.4 Å². The summed E-state index contributed by atoms with van der Waals surface area (Å²) in [6.07, 6.45) is 16.2. The lowest BCUT2D eigenvalue weighted by Crippen LogP contribution is -2.15. The largest absolute Gasteiger partial charge is 0.488 e. The second kappa shape index (κ2) is 20.3. The number of ether oxygens (including phenoxy) is 6. The smallest absolute Gasteiger partial charge is 0.188 e. The Hall–Kier alpha value is -5.40. The van der Waals surface area contributed by atoms with E-state index in [2.05, 4.69) is 82.3 Å². The minimum atomic E-state index is 0.429. The molecule has 0 aliphatic carbocycles. The Morgan fingerprint density at radius 3 is 1.62 bits per heavy atom. The summed E-state index contributed by atoms with van der Waals surface area (Å²) in [6.45, 7) is 13.8. The summed E-state index contributed by atoms with van der Waals surface area (Å²) in [5.74, 6) is 4.33. The van der Waals surface area contributed by atoms with Crippen LogP contribution in [0.4, 0.5) is 0 Å². The molecule has 0 spiro atoms. The van der Waals surface area contributed by atoms with Crippen molar-refractivity contribution in [3.05, 3.63) is 75.3 Å². The van der Waals surface area contributed by atoms with Crippen LogP contribution < -0.4 is 28.4 Å². The second-order valence-electron chi connectivity index (χ2n) is 13.6. The van der Waals surface area contributed by atoms with E-state index in [1.165, 1.54) is 57.8 Å². The quantitative estimate of drug-likeness (QED) is 0.120. The van der Waals surface area contributed by atoms with Crippen molar-refractivity contribution in [3.63, 3.8) is 0 Å². The van der Waals surface area contributed by atoms with Crippen LogP contribution in [0, 0.1) is 13.8 Å². The van der Waals surface area contributed by atoms with E-state index < -0.39 is 0 Å². The Kier molecular flexibility index (Phi) is 14.5. The molecule has 6 heterocycles. The molecule has 0 N–H and O–H groups in total. The number of fused-ring (bicyclic) bond motifs is 3. The van der Waals surface area contributed by atoms with Crippen LogP contribution in [0.5, 0.6) is 34.5 Å². The number of hydrogen-bond acceptors (Lipinski definition) is 7. The van der Waals surface area contributed by atoms with Crippen molar-refractivity contribution in [2.45, 2.75) is 104 Å². The van der Waals surface area contributed by atoms with Crippen LogP contribution in [-0.4, -0.2) is 48.8 Å². The van der Waals surface area contributed by atoms with Gasteiger partial charge in [-0.15, -0.1) is 11.3 Å². The SMILES string of the molecule is C=C=C=C=C=C=C=C=C=C=C=Cn1c(C)c2c(c1-c1sc(-c3c4c(c(C)n3CCCCCCCCCCCC)OCCCO4)c3c1OCCO3)OCCCO2. The number of rotatable bonds is 14. The van der Waals surface area contributed by atoms with Crippen LogP contribution in [0.1, 0.15) is 95.4 Å². The van der Waals surface area contributed by atoms with Gasteiger partial charge < -0.3 is 37.6 Å². The average Bonchev–Trinajstić information content (AvgIpc) is 3.55. The molecule has 0 fully saturated rings. The zero-order chi connectivity index (χ0) is 38.2. The number of nitrogens with zero attached hydrogens (tertiary/aromatic N) is 2. The highest BCUT2D eigenvalue weighted by Gasteiger charge is 2.37. The summed E-state index contributed by atoms with van der Waals surface area (Å²) in [5, 5.41) is 0. The Bertz CT molecular complexity index is 2240. The molecule has 0 bridgehead atoms. The van der Waals surface area contributed by atoms with Crippen LogP contribution in [0.2, 0.25) is 0 Å². The molecule has 0 radical (unpaired) electrons. The summed E-state index contributed by atoms with van der Waals surface area (Å²) in [5.41, 5.74) is 30.6. The minimum Gasteiger partial charge on any atom is -0.488 e. The van der Waals surface area contributed by atoms with Gasteiger partial charge in [0, 0.05) is 19.4 Å². The first-order chi connectivity index (χ1) is 27.2. The first-order valence-electron chi connectivity index (χ1n) is 19.7. The highest BCUT2D eigenvalue weighted by molar-refractivity contribution is 7.19. The summed E-state index contributed by atoms with van der Waals surface area (Å²) in [6, 6.07) is 0. The van der Waals surface area contributed by atoms with E-state index in [0.29, 0.717) is 62.6 Å². The van der Waals surface area contributed by atoms with Crippen molar-refractivity contribution in [1.29, 1.82) is 0 Å². The third kappa shape index (κ3) is 9.46. The molecule has 55 heavy (non-hydrogen) atoms. The molecule has 3 aliphatic heterocycles. The number of hydrogen-bond donors (Lipinski definition) is 0. The Morgan fingerprint density at radius 2 is 1.02 bits per heavy atom. The molecule has 8 nitrogen and oxygen atoms in total. The molecule has 0 amide bonds. The van der Waals surface area contributed by atoms with E-state index in [-0.39, 0.29) is 0 Å². The lowest BCUT2D eigenvalue weighted by molar-refractivity contribution is 0.174. The second-order valence-corrected chi connectivity index (χ2v) is 14.6. The third-order valence-corrected chi connectivity index (χ3v) is 10.9. The Labute approximate surface area is 329 Å². The van der Waals surface area contributed by atoms with E-state index in [4.69, 9.17) is 28.4 Å². The maximum absolute atomic E-state index is 6.51. The summed E-state index contributed by atoms with van der Waals surface area (Å²) in [4.78, 5) is 1.81. The molecule has 0 aromatic carbocycles. The maximum atomic E-state index is 6.51. The fourth-order valence-corrected chi connectivity index (χ4v) is 8.31. The minimum absolute atomic E-state index is 0.429. The van der Waals surface area contributed by atoms with Crippen LogP contribution in [0.3, 0.4) is 0 Å². The number of unbranched alkanes of at least 4 members (excludes halogenated alkanes) is 9. The van der Waals surface area contributed by atoms with Gasteiger partial charge in [0.1, 0.15) is 34.4 Å². The summed E-state index contributed by atoms with van der Waals surface area (Å²) in [7, 11) is 0. The van der Waals surface area contributed by atoms with Gasteiger partial charge in [-0.1, -0.05) is 70.4 Å². The zero-order valence-corrected chi connectivity index (χ0v) is 33.3. The van der Waals surface area contributed by atoms with Crippen LogP contribution in [0.15, 0.2) is 63.9 Å². The molecule has 0 saturated heterocycles. The normalized spacial score (nSPS) is 13.4. The molecule has 9 heteroatoms. The first-order valence-corrected chi connectivity index (χ1v) is 20.5. The third-order valence-electron chi connectivity index (χ3n) is 9.70. The van der Waals surface area contributed by atoms with Crippen molar-refractivity contribution in [2.75, 3.05) is 39.6 Å². The molecule has 3 aromatic rings. The van der Waals surface area contributed by atoms with Crippen molar-refractivity contribution >= 4 is 17.5 Å². The van der Waals surface area contributed by atoms with Gasteiger partial charge in [0.25, 0.3) is 0 Å². The van der Waals surface area contributed by atoms with Crippen LogP contribution in [0.25, 0.3) is 27.3 Å². The zero-order valence-electron chi connectivity index (χ0n) is 32.5. The van der Waals surface area contributed by atoms with Gasteiger partial charge in [-0.05, 0) is 78.4 Å². The van der Waals surface area contributed by atoms with E-state index in [1.54, 1.807) is 17.5 Å². The van der Waals surface area contributed by atoms with Gasteiger partial charge >= 0.3 is 0 Å². The number of aromatic nitrogens is 2. The predicted molar refractivity (Wildman–Crippen MR) is 216 cm³/mol. The van der Waals surface area contributed by atoms with Crippen molar-refractivity contribution in [1.82, 2.24) is 9.13 Å². The molecular formula is C46H50N2O6S. The van der Waals surface area contributed by atoms with E-state index >= 15 is 0 Å². The van der Waals surface area contributed by atoms with E-state index in [0.717, 1.165) is 69.8 Å².